The van der Waals surface area contributed by atoms with Crippen molar-refractivity contribution < 1.29 is 22.9 Å². The second kappa shape index (κ2) is 7.74. The zero-order valence-electron chi connectivity index (χ0n) is 14.8. The van der Waals surface area contributed by atoms with E-state index in [-0.39, 0.29) is 17.2 Å². The predicted molar refractivity (Wildman–Crippen MR) is 97.8 cm³/mol. The fourth-order valence-electron chi connectivity index (χ4n) is 3.23. The lowest BCUT2D eigenvalue weighted by Crippen LogP contribution is -2.36. The summed E-state index contributed by atoms with van der Waals surface area (Å²) in [5, 5.41) is 14.9. The Hall–Kier alpha value is -2.69. The molecule has 0 saturated carbocycles. The van der Waals surface area contributed by atoms with Gasteiger partial charge in [-0.05, 0) is 18.9 Å². The Bertz CT molecular complexity index is 900. The number of anilines is 1. The van der Waals surface area contributed by atoms with Gasteiger partial charge in [-0.15, -0.1) is 11.3 Å². The molecule has 1 amide bonds. The number of rotatable bonds is 4. The molecule has 2 heterocycles. The van der Waals surface area contributed by atoms with Crippen LogP contribution >= 0.6 is 11.3 Å². The molecule has 1 fully saturated rings. The molecule has 28 heavy (non-hydrogen) atoms. The number of nitro groups is 1. The lowest BCUT2D eigenvalue weighted by molar-refractivity contribution is -0.384. The first-order valence-electron chi connectivity index (χ1n) is 8.48. The first-order chi connectivity index (χ1) is 13.2. The Kier molecular flexibility index (Phi) is 5.54. The van der Waals surface area contributed by atoms with Gasteiger partial charge >= 0.3 is 6.18 Å². The number of alkyl halides is 3. The number of amides is 1. The molecule has 0 aliphatic carbocycles. The van der Waals surface area contributed by atoms with Crippen LogP contribution in [0.25, 0.3) is 0 Å². The van der Waals surface area contributed by atoms with Crippen molar-refractivity contribution in [3.63, 3.8) is 0 Å². The number of thiazole rings is 1. The van der Waals surface area contributed by atoms with Crippen LogP contribution in [0, 0.1) is 10.1 Å². The number of benzene rings is 1. The number of hydrogen-bond acceptors (Lipinski definition) is 6. The second-order valence-electron chi connectivity index (χ2n) is 6.39. The fraction of sp³-hybridized carbons (Fsp3) is 0.412. The molecule has 1 aromatic carbocycles. The largest absolute Gasteiger partial charge is 0.434 e. The molecule has 0 bridgehead atoms. The van der Waals surface area contributed by atoms with Crippen LogP contribution in [0.15, 0.2) is 23.6 Å². The minimum atomic E-state index is -4.48. The van der Waals surface area contributed by atoms with E-state index in [1.165, 1.54) is 25.2 Å². The van der Waals surface area contributed by atoms with Crippen LogP contribution in [-0.2, 0) is 6.18 Å². The summed E-state index contributed by atoms with van der Waals surface area (Å²) >= 11 is 0.975. The third-order valence-corrected chi connectivity index (χ3v) is 5.59. The van der Waals surface area contributed by atoms with E-state index in [1.54, 1.807) is 0 Å². The van der Waals surface area contributed by atoms with E-state index < -0.39 is 22.7 Å². The highest BCUT2D eigenvalue weighted by molar-refractivity contribution is 7.09. The number of nitro benzene ring substituents is 1. The molecule has 3 rings (SSSR count). The second-order valence-corrected chi connectivity index (χ2v) is 7.28. The van der Waals surface area contributed by atoms with Crippen molar-refractivity contribution in [1.82, 2.24) is 10.3 Å². The third-order valence-electron chi connectivity index (χ3n) is 4.59. The highest BCUT2D eigenvalue weighted by Gasteiger charge is 2.35. The first-order valence-corrected chi connectivity index (χ1v) is 9.36. The van der Waals surface area contributed by atoms with Gasteiger partial charge in [-0.25, -0.2) is 4.98 Å². The van der Waals surface area contributed by atoms with Crippen molar-refractivity contribution >= 4 is 28.6 Å². The molecular formula is C17H17F3N4O3S. The van der Waals surface area contributed by atoms with E-state index in [2.05, 4.69) is 10.3 Å². The van der Waals surface area contributed by atoms with Gasteiger partial charge in [-0.2, -0.15) is 13.2 Å². The number of carbonyl (C=O) groups excluding carboxylic acids is 1. The number of nitrogens with one attached hydrogen (secondary N) is 1. The van der Waals surface area contributed by atoms with Crippen LogP contribution < -0.4 is 10.2 Å². The molecule has 1 saturated heterocycles. The molecule has 0 radical (unpaired) electrons. The smallest absolute Gasteiger partial charge is 0.370 e. The molecule has 1 atom stereocenters. The summed E-state index contributed by atoms with van der Waals surface area (Å²) in [6.07, 6.45) is -3.09. The van der Waals surface area contributed by atoms with E-state index in [0.29, 0.717) is 36.6 Å². The van der Waals surface area contributed by atoms with Crippen LogP contribution in [-0.4, -0.2) is 36.0 Å². The standard InChI is InChI=1S/C17H17F3N4O3S/c1-21-15(25)12-7-11(24(26)27)4-5-13(12)23-6-2-3-10(8-23)16-22-14(9-28-16)17(18,19)20/h4-5,7,9-10H,2-3,6,8H2,1H3,(H,21,25). The number of non-ortho nitro benzene ring substituents is 1. The minimum absolute atomic E-state index is 0.160. The first kappa shape index (κ1) is 20.1. The Balaban J connectivity index is 1.89. The van der Waals surface area contributed by atoms with Gasteiger partial charge in [0.25, 0.3) is 11.6 Å². The van der Waals surface area contributed by atoms with Gasteiger partial charge in [0.1, 0.15) is 0 Å². The monoisotopic (exact) mass is 414 g/mol. The van der Waals surface area contributed by atoms with Crippen molar-refractivity contribution in [2.24, 2.45) is 0 Å². The maximum atomic E-state index is 12.8. The zero-order valence-corrected chi connectivity index (χ0v) is 15.6. The topological polar surface area (TPSA) is 88.4 Å². The molecule has 1 unspecified atom stereocenters. The molecule has 150 valence electrons. The van der Waals surface area contributed by atoms with E-state index >= 15 is 0 Å². The molecule has 1 N–H and O–H groups in total. The average molecular weight is 414 g/mol. The van der Waals surface area contributed by atoms with Gasteiger partial charge in [0, 0.05) is 43.6 Å². The number of nitrogens with zero attached hydrogens (tertiary/aromatic N) is 3. The maximum Gasteiger partial charge on any atom is 0.434 e. The maximum absolute atomic E-state index is 12.8. The molecule has 7 nitrogen and oxygen atoms in total. The summed E-state index contributed by atoms with van der Waals surface area (Å²) in [6, 6.07) is 4.04. The highest BCUT2D eigenvalue weighted by atomic mass is 32.1. The molecule has 1 aromatic heterocycles. The van der Waals surface area contributed by atoms with Crippen molar-refractivity contribution in [2.75, 3.05) is 25.0 Å². The van der Waals surface area contributed by atoms with Crippen molar-refractivity contribution in [3.8, 4) is 0 Å². The summed E-state index contributed by atoms with van der Waals surface area (Å²) in [6.45, 7) is 0.975. The van der Waals surface area contributed by atoms with Gasteiger partial charge in [0.05, 0.1) is 21.2 Å². The molecular weight excluding hydrogens is 397 g/mol. The van der Waals surface area contributed by atoms with Crippen LogP contribution in [0.2, 0.25) is 0 Å². The predicted octanol–water partition coefficient (Wildman–Crippen LogP) is 3.81. The Morgan fingerprint density at radius 3 is 2.79 bits per heavy atom. The van der Waals surface area contributed by atoms with Crippen LogP contribution in [0.5, 0.6) is 0 Å². The molecule has 2 aromatic rings. The number of halogens is 3. The Labute approximate surface area is 162 Å². The fourth-order valence-corrected chi connectivity index (χ4v) is 4.19. The van der Waals surface area contributed by atoms with Crippen LogP contribution in [0.3, 0.4) is 0 Å². The summed E-state index contributed by atoms with van der Waals surface area (Å²) in [5.74, 6) is -0.669. The Morgan fingerprint density at radius 2 is 2.18 bits per heavy atom. The molecule has 1 aliphatic heterocycles. The van der Waals surface area contributed by atoms with Crippen molar-refractivity contribution in [1.29, 1.82) is 0 Å². The minimum Gasteiger partial charge on any atom is -0.370 e. The van der Waals surface area contributed by atoms with Gasteiger partial charge in [0.15, 0.2) is 5.69 Å². The molecule has 11 heteroatoms. The van der Waals surface area contributed by atoms with E-state index in [0.717, 1.165) is 16.7 Å². The average Bonchev–Trinajstić information content (AvgIpc) is 3.17. The van der Waals surface area contributed by atoms with Crippen LogP contribution in [0.1, 0.15) is 39.8 Å². The SMILES string of the molecule is CNC(=O)c1cc([N+](=O)[O-])ccc1N1CCCC(c2nc(C(F)(F)F)cs2)C1. The van der Waals surface area contributed by atoms with Gasteiger partial charge in [-0.3, -0.25) is 14.9 Å². The number of hydrogen-bond donors (Lipinski definition) is 1. The number of carbonyl (C=O) groups is 1. The van der Waals surface area contributed by atoms with Gasteiger partial charge in [0.2, 0.25) is 0 Å². The van der Waals surface area contributed by atoms with Gasteiger partial charge in [-0.1, -0.05) is 0 Å². The third kappa shape index (κ3) is 4.08. The number of aromatic nitrogens is 1. The lowest BCUT2D eigenvalue weighted by Gasteiger charge is -2.34. The summed E-state index contributed by atoms with van der Waals surface area (Å²) < 4.78 is 38.5. The summed E-state index contributed by atoms with van der Waals surface area (Å²) in [4.78, 5) is 28.3. The Morgan fingerprint density at radius 1 is 1.43 bits per heavy atom. The summed E-state index contributed by atoms with van der Waals surface area (Å²) in [7, 11) is 1.43. The zero-order chi connectivity index (χ0) is 20.5. The normalized spacial score (nSPS) is 17.4. The van der Waals surface area contributed by atoms with Gasteiger partial charge < -0.3 is 10.2 Å². The lowest BCUT2D eigenvalue weighted by atomic mass is 9.97. The van der Waals surface area contributed by atoms with Crippen molar-refractivity contribution in [2.45, 2.75) is 24.9 Å². The molecule has 0 spiro atoms. The number of piperidine rings is 1. The summed E-state index contributed by atoms with van der Waals surface area (Å²) in [5.41, 5.74) is -0.425. The highest BCUT2D eigenvalue weighted by Crippen LogP contribution is 2.37. The molecule has 1 aliphatic rings. The van der Waals surface area contributed by atoms with Crippen molar-refractivity contribution in [3.05, 3.63) is 50.0 Å². The van der Waals surface area contributed by atoms with E-state index in [4.69, 9.17) is 0 Å². The van der Waals surface area contributed by atoms with E-state index in [1.807, 2.05) is 4.90 Å². The quantitative estimate of drug-likeness (QED) is 0.607. The van der Waals surface area contributed by atoms with E-state index in [9.17, 15) is 28.1 Å². The van der Waals surface area contributed by atoms with Crippen LogP contribution in [0.4, 0.5) is 24.5 Å².